The minimum absolute atomic E-state index is 0.0905. The van der Waals surface area contributed by atoms with Gasteiger partial charge in [-0.1, -0.05) is 11.2 Å². The minimum Gasteiger partial charge on any atom is -0.341 e. The Hall–Kier alpha value is -2.77. The molecule has 0 spiro atoms. The molecule has 2 aromatic rings. The normalized spacial score (nSPS) is 27.1. The van der Waals surface area contributed by atoms with Crippen LogP contribution in [0.15, 0.2) is 28.9 Å². The summed E-state index contributed by atoms with van der Waals surface area (Å²) < 4.78 is 5.54. The van der Waals surface area contributed by atoms with E-state index in [0.717, 1.165) is 12.8 Å². The fraction of sp³-hybridized carbons (Fsp3) is 0.526. The highest BCUT2D eigenvalue weighted by Crippen LogP contribution is 2.46. The number of carbonyl (C=O) groups is 2. The number of rotatable bonds is 3. The van der Waals surface area contributed by atoms with Crippen molar-refractivity contribution in [1.29, 1.82) is 0 Å². The van der Waals surface area contributed by atoms with Crippen molar-refractivity contribution >= 4 is 11.8 Å². The third-order valence-electron chi connectivity index (χ3n) is 5.97. The zero-order valence-electron chi connectivity index (χ0n) is 15.2. The fourth-order valence-corrected chi connectivity index (χ4v) is 4.43. The van der Waals surface area contributed by atoms with Crippen LogP contribution in [-0.2, 0) is 10.2 Å². The van der Waals surface area contributed by atoms with Crippen molar-refractivity contribution in [1.82, 2.24) is 24.9 Å². The zero-order chi connectivity index (χ0) is 18.6. The van der Waals surface area contributed by atoms with Crippen LogP contribution < -0.4 is 0 Å². The van der Waals surface area contributed by atoms with Gasteiger partial charge in [0.2, 0.25) is 11.8 Å². The molecule has 2 saturated heterocycles. The van der Waals surface area contributed by atoms with Gasteiger partial charge < -0.3 is 14.3 Å². The average Bonchev–Trinajstić information content (AvgIpc) is 3.18. The van der Waals surface area contributed by atoms with E-state index in [4.69, 9.17) is 4.52 Å². The topological polar surface area (TPSA) is 92.4 Å². The van der Waals surface area contributed by atoms with Crippen LogP contribution in [0.25, 0.3) is 0 Å². The van der Waals surface area contributed by atoms with Crippen LogP contribution in [0.2, 0.25) is 0 Å². The smallest absolute Gasteiger partial charge is 0.272 e. The van der Waals surface area contributed by atoms with E-state index in [1.807, 2.05) is 15.9 Å². The number of aryl methyl sites for hydroxylation is 1. The molecule has 0 bridgehead atoms. The zero-order valence-corrected chi connectivity index (χ0v) is 15.2. The summed E-state index contributed by atoms with van der Waals surface area (Å²) >= 11 is 0. The lowest BCUT2D eigenvalue weighted by Crippen LogP contribution is -2.41. The summed E-state index contributed by atoms with van der Waals surface area (Å²) in [6, 6.07) is 5.33. The lowest BCUT2D eigenvalue weighted by molar-refractivity contribution is -0.131. The summed E-state index contributed by atoms with van der Waals surface area (Å²) in [5.41, 5.74) is -0.0590. The number of hydrogen-bond donors (Lipinski definition) is 0. The third-order valence-corrected chi connectivity index (χ3v) is 5.97. The van der Waals surface area contributed by atoms with Gasteiger partial charge in [0.25, 0.3) is 5.91 Å². The van der Waals surface area contributed by atoms with Crippen LogP contribution in [0.5, 0.6) is 0 Å². The monoisotopic (exact) mass is 367 g/mol. The predicted molar refractivity (Wildman–Crippen MR) is 93.6 cm³/mol. The van der Waals surface area contributed by atoms with Gasteiger partial charge in [0.1, 0.15) is 5.69 Å². The maximum atomic E-state index is 12.9. The van der Waals surface area contributed by atoms with Crippen LogP contribution >= 0.6 is 0 Å². The third kappa shape index (κ3) is 2.62. The number of likely N-dealkylation sites (tertiary alicyclic amines) is 2. The highest BCUT2D eigenvalue weighted by Gasteiger charge is 2.59. The largest absolute Gasteiger partial charge is 0.341 e. The summed E-state index contributed by atoms with van der Waals surface area (Å²) in [7, 11) is 0. The van der Waals surface area contributed by atoms with Crippen molar-refractivity contribution in [3.63, 3.8) is 0 Å². The molecule has 3 fully saturated rings. The van der Waals surface area contributed by atoms with Gasteiger partial charge in [0.15, 0.2) is 5.82 Å². The molecule has 27 heavy (non-hydrogen) atoms. The molecule has 1 saturated carbocycles. The van der Waals surface area contributed by atoms with E-state index in [1.54, 1.807) is 25.3 Å². The lowest BCUT2D eigenvalue weighted by Gasteiger charge is -2.26. The molecule has 4 heterocycles. The molecule has 2 aliphatic heterocycles. The molecule has 1 aliphatic carbocycles. The Kier molecular flexibility index (Phi) is 3.57. The van der Waals surface area contributed by atoms with Crippen LogP contribution in [0, 0.1) is 18.8 Å². The van der Waals surface area contributed by atoms with E-state index < -0.39 is 5.41 Å². The number of aromatic nitrogens is 3. The van der Waals surface area contributed by atoms with Crippen molar-refractivity contribution in [2.45, 2.75) is 25.2 Å². The van der Waals surface area contributed by atoms with E-state index in [0.29, 0.717) is 43.6 Å². The van der Waals surface area contributed by atoms with Gasteiger partial charge in [-0.05, 0) is 31.9 Å². The highest BCUT2D eigenvalue weighted by molar-refractivity contribution is 5.92. The second kappa shape index (κ2) is 5.87. The van der Waals surface area contributed by atoms with Gasteiger partial charge in [-0.3, -0.25) is 14.6 Å². The Labute approximate surface area is 156 Å². The Morgan fingerprint density at radius 3 is 2.63 bits per heavy atom. The molecule has 5 rings (SSSR count). The van der Waals surface area contributed by atoms with Crippen LogP contribution in [-0.4, -0.2) is 62.9 Å². The first-order valence-corrected chi connectivity index (χ1v) is 9.37. The first-order chi connectivity index (χ1) is 13.1. The second-order valence-electron chi connectivity index (χ2n) is 7.89. The van der Waals surface area contributed by atoms with Crippen LogP contribution in [0.1, 0.15) is 35.0 Å². The summed E-state index contributed by atoms with van der Waals surface area (Å²) in [6.45, 7) is 3.96. The van der Waals surface area contributed by atoms with Gasteiger partial charge in [-0.25, -0.2) is 0 Å². The molecule has 2 aromatic heterocycles. The van der Waals surface area contributed by atoms with Crippen molar-refractivity contribution < 1.29 is 14.1 Å². The van der Waals surface area contributed by atoms with Crippen molar-refractivity contribution in [3.05, 3.63) is 41.8 Å². The number of hydrogen-bond acceptors (Lipinski definition) is 6. The van der Waals surface area contributed by atoms with Gasteiger partial charge in [0, 0.05) is 44.2 Å². The maximum absolute atomic E-state index is 12.9. The number of amides is 2. The molecule has 0 aromatic carbocycles. The number of pyridine rings is 1. The van der Waals surface area contributed by atoms with Crippen LogP contribution in [0.3, 0.4) is 0 Å². The summed E-state index contributed by atoms with van der Waals surface area (Å²) in [4.78, 5) is 37.9. The molecule has 8 nitrogen and oxygen atoms in total. The average molecular weight is 367 g/mol. The van der Waals surface area contributed by atoms with E-state index in [1.165, 1.54) is 0 Å². The quantitative estimate of drug-likeness (QED) is 0.805. The molecule has 2 amide bonds. The fourth-order valence-electron chi connectivity index (χ4n) is 4.43. The van der Waals surface area contributed by atoms with Gasteiger partial charge in [-0.15, -0.1) is 0 Å². The Morgan fingerprint density at radius 2 is 1.96 bits per heavy atom. The predicted octanol–water partition coefficient (Wildman–Crippen LogP) is 1.04. The first-order valence-electron chi connectivity index (χ1n) is 9.37. The van der Waals surface area contributed by atoms with Crippen molar-refractivity contribution in [3.8, 4) is 0 Å². The van der Waals surface area contributed by atoms with Crippen LogP contribution in [0.4, 0.5) is 0 Å². The number of carbonyl (C=O) groups excluding carboxylic acids is 2. The number of fused-ring (bicyclic) bond motifs is 1. The lowest BCUT2D eigenvalue weighted by atomic mass is 9.81. The van der Waals surface area contributed by atoms with Gasteiger partial charge in [-0.2, -0.15) is 4.98 Å². The highest BCUT2D eigenvalue weighted by atomic mass is 16.5. The molecular weight excluding hydrogens is 346 g/mol. The maximum Gasteiger partial charge on any atom is 0.272 e. The van der Waals surface area contributed by atoms with E-state index >= 15 is 0 Å². The first kappa shape index (κ1) is 16.4. The Balaban J connectivity index is 1.45. The van der Waals surface area contributed by atoms with E-state index in [9.17, 15) is 9.59 Å². The van der Waals surface area contributed by atoms with E-state index in [-0.39, 0.29) is 23.7 Å². The molecule has 8 heteroatoms. The summed E-state index contributed by atoms with van der Waals surface area (Å²) in [5, 5.41) is 3.96. The van der Waals surface area contributed by atoms with Crippen molar-refractivity contribution in [2.75, 3.05) is 26.2 Å². The minimum atomic E-state index is -0.490. The second-order valence-corrected chi connectivity index (χ2v) is 7.89. The molecule has 0 N–H and O–H groups in total. The van der Waals surface area contributed by atoms with Gasteiger partial charge >= 0.3 is 0 Å². The molecule has 140 valence electrons. The molecular formula is C19H21N5O3. The molecule has 3 aliphatic rings. The number of nitrogens with zero attached hydrogens (tertiary/aromatic N) is 5. The molecule has 0 unspecified atom stereocenters. The van der Waals surface area contributed by atoms with E-state index in [2.05, 4.69) is 15.1 Å². The molecule has 0 radical (unpaired) electrons. The standard InChI is InChI=1S/C19H21N5O3/c1-12-21-18(27-22-12)19-10-23(16(25)13-5-6-13)8-14(19)9-24(11-19)17(26)15-4-2-3-7-20-15/h2-4,7,13-14H,5-6,8-11H2,1H3/t14-,19-/m1/s1. The Bertz CT molecular complexity index is 894. The molecule has 2 atom stereocenters. The SMILES string of the molecule is Cc1noc([C@]23CN(C(=O)c4ccccn4)C[C@H]2CN(C(=O)C2CC2)C3)n1. The van der Waals surface area contributed by atoms with Crippen molar-refractivity contribution in [2.24, 2.45) is 11.8 Å². The summed E-state index contributed by atoms with van der Waals surface area (Å²) in [6.07, 6.45) is 3.59. The summed E-state index contributed by atoms with van der Waals surface area (Å²) in [5.74, 6) is 1.50. The van der Waals surface area contributed by atoms with Gasteiger partial charge in [0.05, 0.1) is 5.41 Å². The Morgan fingerprint density at radius 1 is 1.19 bits per heavy atom.